The predicted molar refractivity (Wildman–Crippen MR) is 75.7 cm³/mol. The zero-order valence-corrected chi connectivity index (χ0v) is 12.1. The van der Waals surface area contributed by atoms with E-state index >= 15 is 0 Å². The zero-order chi connectivity index (χ0) is 13.9. The maximum atomic E-state index is 12.5. The molecule has 0 radical (unpaired) electrons. The van der Waals surface area contributed by atoms with Gasteiger partial charge in [-0.1, -0.05) is 25.1 Å². The third-order valence-electron chi connectivity index (χ3n) is 2.75. The average Bonchev–Trinajstić information content (AvgIpc) is 2.89. The normalized spacial score (nSPS) is 11.9. The Labute approximate surface area is 117 Å². The van der Waals surface area contributed by atoms with Gasteiger partial charge in [0, 0.05) is 18.0 Å². The molecule has 0 saturated carbocycles. The van der Waals surface area contributed by atoms with E-state index in [1.807, 2.05) is 17.5 Å². The Morgan fingerprint density at radius 1 is 1.21 bits per heavy atom. The molecule has 2 aromatic rings. The summed E-state index contributed by atoms with van der Waals surface area (Å²) in [4.78, 5) is 0.925. The zero-order valence-electron chi connectivity index (χ0n) is 10.5. The van der Waals surface area contributed by atoms with E-state index in [-0.39, 0.29) is 10.6 Å². The van der Waals surface area contributed by atoms with E-state index < -0.39 is 10.0 Å². The van der Waals surface area contributed by atoms with E-state index in [0.29, 0.717) is 13.1 Å². The number of benzene rings is 1. The SMILES string of the molecule is CCN(Cc1cccs1)S(=O)(=O)c1ccccc1O. The van der Waals surface area contributed by atoms with Gasteiger partial charge in [-0.2, -0.15) is 4.31 Å². The smallest absolute Gasteiger partial charge is 0.247 e. The molecule has 0 bridgehead atoms. The predicted octanol–water partition coefficient (Wildman–Crippen LogP) is 2.66. The van der Waals surface area contributed by atoms with Gasteiger partial charge in [0.1, 0.15) is 10.6 Å². The van der Waals surface area contributed by atoms with Crippen LogP contribution in [0, 0.1) is 0 Å². The topological polar surface area (TPSA) is 57.6 Å². The molecule has 102 valence electrons. The van der Waals surface area contributed by atoms with Gasteiger partial charge in [0.25, 0.3) is 0 Å². The fourth-order valence-electron chi connectivity index (χ4n) is 1.76. The quantitative estimate of drug-likeness (QED) is 0.923. The lowest BCUT2D eigenvalue weighted by Gasteiger charge is -2.20. The van der Waals surface area contributed by atoms with Gasteiger partial charge >= 0.3 is 0 Å². The first kappa shape index (κ1) is 14.0. The van der Waals surface area contributed by atoms with Gasteiger partial charge in [-0.25, -0.2) is 8.42 Å². The minimum atomic E-state index is -3.67. The molecule has 0 spiro atoms. The first-order chi connectivity index (χ1) is 9.05. The lowest BCUT2D eigenvalue weighted by atomic mass is 10.3. The Morgan fingerprint density at radius 2 is 1.95 bits per heavy atom. The Kier molecular flexibility index (Phi) is 4.24. The number of hydrogen-bond donors (Lipinski definition) is 1. The highest BCUT2D eigenvalue weighted by Crippen LogP contribution is 2.26. The second-order valence-electron chi connectivity index (χ2n) is 3.98. The van der Waals surface area contributed by atoms with Crippen LogP contribution >= 0.6 is 11.3 Å². The molecule has 2 rings (SSSR count). The Bertz CT molecular complexity index is 636. The molecule has 0 aliphatic heterocycles. The Hall–Kier alpha value is -1.37. The van der Waals surface area contributed by atoms with Crippen LogP contribution in [0.25, 0.3) is 0 Å². The van der Waals surface area contributed by atoms with Crippen molar-refractivity contribution in [3.63, 3.8) is 0 Å². The maximum Gasteiger partial charge on any atom is 0.247 e. The van der Waals surface area contributed by atoms with Crippen LogP contribution in [0.4, 0.5) is 0 Å². The van der Waals surface area contributed by atoms with Crippen LogP contribution < -0.4 is 0 Å². The van der Waals surface area contributed by atoms with Gasteiger partial charge in [0.05, 0.1) is 0 Å². The van der Waals surface area contributed by atoms with E-state index in [4.69, 9.17) is 0 Å². The molecule has 0 unspecified atom stereocenters. The summed E-state index contributed by atoms with van der Waals surface area (Å²) in [6.07, 6.45) is 0. The van der Waals surface area contributed by atoms with Crippen LogP contribution in [-0.2, 0) is 16.6 Å². The number of phenols is 1. The van der Waals surface area contributed by atoms with Crippen molar-refractivity contribution in [2.45, 2.75) is 18.4 Å². The summed E-state index contributed by atoms with van der Waals surface area (Å²) in [5.74, 6) is -0.216. The molecule has 0 fully saturated rings. The summed E-state index contributed by atoms with van der Waals surface area (Å²) in [5.41, 5.74) is 0. The van der Waals surface area contributed by atoms with Crippen molar-refractivity contribution in [2.75, 3.05) is 6.54 Å². The fourth-order valence-corrected chi connectivity index (χ4v) is 4.07. The lowest BCUT2D eigenvalue weighted by molar-refractivity contribution is 0.415. The first-order valence-electron chi connectivity index (χ1n) is 5.86. The maximum absolute atomic E-state index is 12.5. The molecule has 0 aliphatic rings. The minimum Gasteiger partial charge on any atom is -0.507 e. The van der Waals surface area contributed by atoms with Crippen LogP contribution in [0.1, 0.15) is 11.8 Å². The summed E-state index contributed by atoms with van der Waals surface area (Å²) < 4.78 is 26.3. The third-order valence-corrected chi connectivity index (χ3v) is 5.58. The van der Waals surface area contributed by atoms with Crippen molar-refractivity contribution in [1.82, 2.24) is 4.31 Å². The lowest BCUT2D eigenvalue weighted by Crippen LogP contribution is -2.30. The summed E-state index contributed by atoms with van der Waals surface area (Å²) in [5, 5.41) is 11.6. The monoisotopic (exact) mass is 297 g/mol. The number of hydrogen-bond acceptors (Lipinski definition) is 4. The van der Waals surface area contributed by atoms with Gasteiger partial charge in [-0.05, 0) is 23.6 Å². The second kappa shape index (κ2) is 5.73. The van der Waals surface area contributed by atoms with E-state index in [9.17, 15) is 13.5 Å². The molecule has 0 aliphatic carbocycles. The highest BCUT2D eigenvalue weighted by molar-refractivity contribution is 7.89. The summed E-state index contributed by atoms with van der Waals surface area (Å²) in [6.45, 7) is 2.46. The van der Waals surface area contributed by atoms with Crippen LogP contribution in [-0.4, -0.2) is 24.4 Å². The van der Waals surface area contributed by atoms with E-state index in [0.717, 1.165) is 4.88 Å². The molecule has 19 heavy (non-hydrogen) atoms. The first-order valence-corrected chi connectivity index (χ1v) is 8.18. The molecule has 1 N–H and O–H groups in total. The largest absolute Gasteiger partial charge is 0.507 e. The molecule has 1 aromatic carbocycles. The standard InChI is InChI=1S/C13H15NO3S2/c1-2-14(10-11-6-5-9-18-11)19(16,17)13-8-4-3-7-12(13)15/h3-9,15H,2,10H2,1H3. The summed E-state index contributed by atoms with van der Waals surface area (Å²) in [6, 6.07) is 9.79. The number of thiophene rings is 1. The minimum absolute atomic E-state index is 0.0478. The van der Waals surface area contributed by atoms with Crippen molar-refractivity contribution in [3.05, 3.63) is 46.7 Å². The van der Waals surface area contributed by atoms with Gasteiger partial charge in [0.2, 0.25) is 10.0 Å². The Morgan fingerprint density at radius 3 is 2.53 bits per heavy atom. The fraction of sp³-hybridized carbons (Fsp3) is 0.231. The van der Waals surface area contributed by atoms with Crippen LogP contribution in [0.2, 0.25) is 0 Å². The van der Waals surface area contributed by atoms with E-state index in [1.54, 1.807) is 19.1 Å². The van der Waals surface area contributed by atoms with Gasteiger partial charge in [-0.15, -0.1) is 11.3 Å². The highest BCUT2D eigenvalue weighted by Gasteiger charge is 2.26. The van der Waals surface area contributed by atoms with Gasteiger partial charge < -0.3 is 5.11 Å². The third kappa shape index (κ3) is 2.97. The van der Waals surface area contributed by atoms with Crippen LogP contribution in [0.3, 0.4) is 0 Å². The van der Waals surface area contributed by atoms with Crippen molar-refractivity contribution < 1.29 is 13.5 Å². The second-order valence-corrected chi connectivity index (χ2v) is 6.92. The number of phenolic OH excluding ortho intramolecular Hbond substituents is 1. The molecule has 1 aromatic heterocycles. The molecule has 1 heterocycles. The highest BCUT2D eigenvalue weighted by atomic mass is 32.2. The van der Waals surface area contributed by atoms with Crippen molar-refractivity contribution in [3.8, 4) is 5.75 Å². The van der Waals surface area contributed by atoms with E-state index in [2.05, 4.69) is 0 Å². The van der Waals surface area contributed by atoms with Crippen LogP contribution in [0.5, 0.6) is 5.75 Å². The average molecular weight is 297 g/mol. The Balaban J connectivity index is 2.34. The number of sulfonamides is 1. The van der Waals surface area contributed by atoms with Crippen LogP contribution in [0.15, 0.2) is 46.7 Å². The number of rotatable bonds is 5. The summed E-state index contributed by atoms with van der Waals surface area (Å²) >= 11 is 1.51. The van der Waals surface area contributed by atoms with Gasteiger partial charge in [0.15, 0.2) is 0 Å². The number of para-hydroxylation sites is 1. The summed E-state index contributed by atoms with van der Waals surface area (Å²) in [7, 11) is -3.67. The molecular formula is C13H15NO3S2. The molecule has 0 atom stereocenters. The molecule has 4 nitrogen and oxygen atoms in total. The number of aromatic hydroxyl groups is 1. The van der Waals surface area contributed by atoms with Gasteiger partial charge in [-0.3, -0.25) is 0 Å². The molecular weight excluding hydrogens is 282 g/mol. The van der Waals surface area contributed by atoms with E-state index in [1.165, 1.54) is 27.8 Å². The molecule has 0 amide bonds. The van der Waals surface area contributed by atoms with Crippen molar-refractivity contribution in [2.24, 2.45) is 0 Å². The van der Waals surface area contributed by atoms with Crippen molar-refractivity contribution >= 4 is 21.4 Å². The van der Waals surface area contributed by atoms with Crippen molar-refractivity contribution in [1.29, 1.82) is 0 Å². The molecule has 6 heteroatoms. The number of nitrogens with zero attached hydrogens (tertiary/aromatic N) is 1. The molecule has 0 saturated heterocycles.